The van der Waals surface area contributed by atoms with E-state index in [9.17, 15) is 18.0 Å². The largest absolute Gasteiger partial charge is 0.391 e. The number of rotatable bonds is 4. The highest BCUT2D eigenvalue weighted by atomic mass is 19.4. The van der Waals surface area contributed by atoms with E-state index in [0.29, 0.717) is 25.8 Å². The van der Waals surface area contributed by atoms with E-state index in [1.54, 1.807) is 0 Å². The number of nitrogens with one attached hydrogen (secondary N) is 2. The van der Waals surface area contributed by atoms with Crippen LogP contribution in [-0.2, 0) is 6.42 Å². The fourth-order valence-corrected chi connectivity index (χ4v) is 2.82. The quantitative estimate of drug-likeness (QED) is 0.875. The molecule has 1 aliphatic rings. The summed E-state index contributed by atoms with van der Waals surface area (Å²) in [5.41, 5.74) is 1.11. The normalized spacial score (nSPS) is 22.1. The molecule has 0 aromatic heterocycles. The Morgan fingerprint density at radius 1 is 1.18 bits per heavy atom. The third-order valence-electron chi connectivity index (χ3n) is 4.01. The van der Waals surface area contributed by atoms with Gasteiger partial charge in [0.05, 0.1) is 5.92 Å². The fraction of sp³-hybridized carbons (Fsp3) is 0.562. The summed E-state index contributed by atoms with van der Waals surface area (Å²) in [7, 11) is 0. The van der Waals surface area contributed by atoms with E-state index in [0.717, 1.165) is 5.56 Å². The second kappa shape index (κ2) is 7.51. The van der Waals surface area contributed by atoms with Crippen molar-refractivity contribution in [2.24, 2.45) is 5.92 Å². The lowest BCUT2D eigenvalue weighted by Crippen LogP contribution is -2.46. The summed E-state index contributed by atoms with van der Waals surface area (Å²) in [6.45, 7) is 0.464. The van der Waals surface area contributed by atoms with Gasteiger partial charge in [0, 0.05) is 12.6 Å². The Hall–Kier alpha value is -1.72. The minimum absolute atomic E-state index is 0.0182. The first-order chi connectivity index (χ1) is 10.4. The number of carbonyl (C=O) groups excluding carboxylic acids is 1. The zero-order valence-corrected chi connectivity index (χ0v) is 12.3. The van der Waals surface area contributed by atoms with Gasteiger partial charge in [0.25, 0.3) is 0 Å². The number of halogens is 3. The number of carbonyl (C=O) groups is 1. The van der Waals surface area contributed by atoms with E-state index in [-0.39, 0.29) is 18.9 Å². The molecular formula is C16H21F3N2O. The summed E-state index contributed by atoms with van der Waals surface area (Å²) in [6, 6.07) is 8.93. The van der Waals surface area contributed by atoms with Gasteiger partial charge in [-0.2, -0.15) is 13.2 Å². The van der Waals surface area contributed by atoms with Crippen molar-refractivity contribution in [3.05, 3.63) is 35.9 Å². The Labute approximate surface area is 128 Å². The maximum Gasteiger partial charge on any atom is 0.391 e. The molecule has 0 spiro atoms. The van der Waals surface area contributed by atoms with Gasteiger partial charge in [-0.3, -0.25) is 0 Å². The molecule has 0 saturated heterocycles. The molecule has 0 heterocycles. The molecule has 22 heavy (non-hydrogen) atoms. The SMILES string of the molecule is O=C(NCCc1ccccc1)N[C@H]1CCC[C@H](C(F)(F)F)C1. The topological polar surface area (TPSA) is 41.1 Å². The van der Waals surface area contributed by atoms with Crippen molar-refractivity contribution in [1.82, 2.24) is 10.6 Å². The third-order valence-corrected chi connectivity index (χ3v) is 4.01. The summed E-state index contributed by atoms with van der Waals surface area (Å²) < 4.78 is 38.1. The summed E-state index contributed by atoms with van der Waals surface area (Å²) in [4.78, 5) is 11.8. The highest BCUT2D eigenvalue weighted by Gasteiger charge is 2.42. The molecule has 1 aliphatic carbocycles. The molecule has 0 bridgehead atoms. The van der Waals surface area contributed by atoms with Gasteiger partial charge in [-0.1, -0.05) is 36.8 Å². The zero-order chi connectivity index (χ0) is 16.0. The number of hydrogen-bond acceptors (Lipinski definition) is 1. The average molecular weight is 314 g/mol. The first-order valence-corrected chi connectivity index (χ1v) is 7.60. The van der Waals surface area contributed by atoms with Crippen LogP contribution in [0.3, 0.4) is 0 Å². The molecular weight excluding hydrogens is 293 g/mol. The van der Waals surface area contributed by atoms with Crippen molar-refractivity contribution in [2.45, 2.75) is 44.3 Å². The second-order valence-electron chi connectivity index (χ2n) is 5.74. The summed E-state index contributed by atoms with van der Waals surface area (Å²) >= 11 is 0. The second-order valence-corrected chi connectivity index (χ2v) is 5.74. The van der Waals surface area contributed by atoms with Crippen molar-refractivity contribution in [2.75, 3.05) is 6.54 Å². The van der Waals surface area contributed by atoms with Crippen LogP contribution in [-0.4, -0.2) is 24.8 Å². The lowest BCUT2D eigenvalue weighted by atomic mass is 9.85. The predicted octanol–water partition coefficient (Wildman–Crippen LogP) is 3.65. The molecule has 6 heteroatoms. The van der Waals surface area contributed by atoms with Gasteiger partial charge in [0.15, 0.2) is 0 Å². The average Bonchev–Trinajstić information content (AvgIpc) is 2.48. The maximum absolute atomic E-state index is 12.7. The smallest absolute Gasteiger partial charge is 0.338 e. The summed E-state index contributed by atoms with van der Waals surface area (Å²) in [5.74, 6) is -1.30. The van der Waals surface area contributed by atoms with Crippen LogP contribution in [0.15, 0.2) is 30.3 Å². The van der Waals surface area contributed by atoms with Crippen LogP contribution in [0.5, 0.6) is 0 Å². The van der Waals surface area contributed by atoms with Crippen molar-refractivity contribution < 1.29 is 18.0 Å². The Morgan fingerprint density at radius 3 is 2.59 bits per heavy atom. The highest BCUT2D eigenvalue weighted by Crippen LogP contribution is 2.37. The lowest BCUT2D eigenvalue weighted by molar-refractivity contribution is -0.183. The monoisotopic (exact) mass is 314 g/mol. The van der Waals surface area contributed by atoms with Crippen LogP contribution in [0.25, 0.3) is 0 Å². The molecule has 1 aromatic rings. The molecule has 122 valence electrons. The van der Waals surface area contributed by atoms with Gasteiger partial charge in [-0.15, -0.1) is 0 Å². The van der Waals surface area contributed by atoms with Crippen LogP contribution < -0.4 is 10.6 Å². The Morgan fingerprint density at radius 2 is 1.91 bits per heavy atom. The number of urea groups is 1. The first-order valence-electron chi connectivity index (χ1n) is 7.60. The number of alkyl halides is 3. The molecule has 2 N–H and O–H groups in total. The molecule has 2 atom stereocenters. The molecule has 0 unspecified atom stereocenters. The van der Waals surface area contributed by atoms with Gasteiger partial charge in [-0.05, 0) is 31.2 Å². The van der Waals surface area contributed by atoms with E-state index in [1.807, 2.05) is 30.3 Å². The van der Waals surface area contributed by atoms with Crippen molar-refractivity contribution in [3.63, 3.8) is 0 Å². The molecule has 2 rings (SSSR count). The van der Waals surface area contributed by atoms with Crippen LogP contribution in [0.1, 0.15) is 31.2 Å². The van der Waals surface area contributed by atoms with Crippen LogP contribution in [0, 0.1) is 5.92 Å². The maximum atomic E-state index is 12.7. The van der Waals surface area contributed by atoms with Crippen molar-refractivity contribution in [3.8, 4) is 0 Å². The molecule has 1 saturated carbocycles. The van der Waals surface area contributed by atoms with E-state index >= 15 is 0 Å². The van der Waals surface area contributed by atoms with E-state index in [4.69, 9.17) is 0 Å². The standard InChI is InChI=1S/C16H21F3N2O/c17-16(18,19)13-7-4-8-14(11-13)21-15(22)20-10-9-12-5-2-1-3-6-12/h1-3,5-6,13-14H,4,7-11H2,(H2,20,21,22)/t13-,14-/m0/s1. The van der Waals surface area contributed by atoms with Crippen molar-refractivity contribution in [1.29, 1.82) is 0 Å². The molecule has 0 aliphatic heterocycles. The van der Waals surface area contributed by atoms with Gasteiger partial charge in [0.2, 0.25) is 0 Å². The van der Waals surface area contributed by atoms with Gasteiger partial charge >= 0.3 is 12.2 Å². The molecule has 1 aromatic carbocycles. The van der Waals surface area contributed by atoms with Crippen LogP contribution in [0.2, 0.25) is 0 Å². The van der Waals surface area contributed by atoms with Gasteiger partial charge < -0.3 is 10.6 Å². The van der Waals surface area contributed by atoms with Gasteiger partial charge in [0.1, 0.15) is 0 Å². The lowest BCUT2D eigenvalue weighted by Gasteiger charge is -2.31. The van der Waals surface area contributed by atoms with E-state index in [1.165, 1.54) is 0 Å². The minimum atomic E-state index is -4.16. The van der Waals surface area contributed by atoms with Crippen LogP contribution >= 0.6 is 0 Å². The highest BCUT2D eigenvalue weighted by molar-refractivity contribution is 5.74. The number of amides is 2. The Bertz CT molecular complexity index is 476. The Kier molecular flexibility index (Phi) is 5.69. The predicted molar refractivity (Wildman–Crippen MR) is 78.5 cm³/mol. The molecule has 2 amide bonds. The van der Waals surface area contributed by atoms with E-state index in [2.05, 4.69) is 10.6 Å². The summed E-state index contributed by atoms with van der Waals surface area (Å²) in [5, 5.41) is 5.36. The summed E-state index contributed by atoms with van der Waals surface area (Å²) in [6.07, 6.45) is -2.21. The zero-order valence-electron chi connectivity index (χ0n) is 12.3. The number of hydrogen-bond donors (Lipinski definition) is 2. The third kappa shape index (κ3) is 5.24. The first kappa shape index (κ1) is 16.6. The number of benzene rings is 1. The van der Waals surface area contributed by atoms with E-state index < -0.39 is 18.1 Å². The molecule has 3 nitrogen and oxygen atoms in total. The van der Waals surface area contributed by atoms with Crippen LogP contribution in [0.4, 0.5) is 18.0 Å². The van der Waals surface area contributed by atoms with Gasteiger partial charge in [-0.25, -0.2) is 4.79 Å². The Balaban J connectivity index is 1.70. The molecule has 1 fully saturated rings. The minimum Gasteiger partial charge on any atom is -0.338 e. The molecule has 0 radical (unpaired) electrons. The fourth-order valence-electron chi connectivity index (χ4n) is 2.82. The van der Waals surface area contributed by atoms with Crippen molar-refractivity contribution >= 4 is 6.03 Å².